The Hall–Kier alpha value is -1.51. The Balaban J connectivity index is 2.82. The van der Waals surface area contributed by atoms with Gasteiger partial charge in [0.2, 0.25) is 0 Å². The molecule has 0 aliphatic rings. The van der Waals surface area contributed by atoms with E-state index in [4.69, 9.17) is 9.84 Å². The van der Waals surface area contributed by atoms with Crippen LogP contribution in [0.4, 0.5) is 0 Å². The number of hydrogen-bond acceptors (Lipinski definition) is 2. The Bertz CT molecular complexity index is 394. The summed E-state index contributed by atoms with van der Waals surface area (Å²) in [5, 5.41) is 9.09. The molecular weight excluding hydrogens is 216 g/mol. The van der Waals surface area contributed by atoms with Crippen molar-refractivity contribution in [1.29, 1.82) is 0 Å². The topological polar surface area (TPSA) is 46.5 Å². The van der Waals surface area contributed by atoms with Crippen LogP contribution in [0.2, 0.25) is 0 Å². The Kier molecular flexibility index (Phi) is 4.16. The van der Waals surface area contributed by atoms with Crippen LogP contribution in [0.1, 0.15) is 33.3 Å². The molecule has 0 atom stereocenters. The number of ether oxygens (including phenoxy) is 1. The second-order valence-corrected chi connectivity index (χ2v) is 5.18. The summed E-state index contributed by atoms with van der Waals surface area (Å²) in [5.74, 6) is 0.00590. The van der Waals surface area contributed by atoms with Crippen LogP contribution in [0.5, 0.6) is 5.75 Å². The summed E-state index contributed by atoms with van der Waals surface area (Å²) >= 11 is 0. The molecule has 0 unspecified atom stereocenters. The molecule has 17 heavy (non-hydrogen) atoms. The van der Waals surface area contributed by atoms with Crippen LogP contribution >= 0.6 is 0 Å². The predicted octanol–water partition coefficient (Wildman–Crippen LogP) is 3.13. The van der Waals surface area contributed by atoms with Crippen LogP contribution < -0.4 is 4.74 Å². The number of aliphatic carboxylic acids is 1. The third-order valence-electron chi connectivity index (χ3n) is 2.50. The van der Waals surface area contributed by atoms with Gasteiger partial charge in [0.15, 0.2) is 0 Å². The van der Waals surface area contributed by atoms with Crippen LogP contribution in [0.15, 0.2) is 24.3 Å². The Labute approximate surface area is 102 Å². The van der Waals surface area contributed by atoms with E-state index in [2.05, 4.69) is 0 Å². The normalized spacial score (nSPS) is 11.6. The van der Waals surface area contributed by atoms with Crippen molar-refractivity contribution in [2.45, 2.75) is 40.2 Å². The van der Waals surface area contributed by atoms with E-state index in [9.17, 15) is 4.79 Å². The van der Waals surface area contributed by atoms with Crippen LogP contribution in [0.25, 0.3) is 0 Å². The second-order valence-electron chi connectivity index (χ2n) is 5.18. The minimum atomic E-state index is -0.785. The van der Waals surface area contributed by atoms with Gasteiger partial charge in [0.05, 0.1) is 11.5 Å². The fraction of sp³-hybridized carbons (Fsp3) is 0.500. The van der Waals surface area contributed by atoms with Gasteiger partial charge < -0.3 is 9.84 Å². The molecule has 1 aromatic rings. The van der Waals surface area contributed by atoms with E-state index < -0.39 is 11.4 Å². The van der Waals surface area contributed by atoms with Crippen molar-refractivity contribution >= 4 is 5.97 Å². The zero-order valence-corrected chi connectivity index (χ0v) is 10.9. The van der Waals surface area contributed by atoms with Gasteiger partial charge in [0, 0.05) is 0 Å². The molecule has 0 aliphatic carbocycles. The number of carboxylic acid groups (broad SMARTS) is 1. The summed E-state index contributed by atoms with van der Waals surface area (Å²) in [6.45, 7) is 7.39. The molecule has 0 radical (unpaired) electrons. The molecule has 3 heteroatoms. The average Bonchev–Trinajstić information content (AvgIpc) is 2.15. The molecular formula is C14H20O3. The number of benzene rings is 1. The SMILES string of the molecule is CC(C)Oc1cccc(CC(C)(C)C(=O)O)c1. The molecule has 0 bridgehead atoms. The van der Waals surface area contributed by atoms with Crippen molar-refractivity contribution in [3.63, 3.8) is 0 Å². The lowest BCUT2D eigenvalue weighted by Crippen LogP contribution is -2.26. The quantitative estimate of drug-likeness (QED) is 0.854. The predicted molar refractivity (Wildman–Crippen MR) is 67.3 cm³/mol. The average molecular weight is 236 g/mol. The van der Waals surface area contributed by atoms with Crippen molar-refractivity contribution in [3.8, 4) is 5.75 Å². The Morgan fingerprint density at radius 3 is 2.59 bits per heavy atom. The first-order valence-corrected chi connectivity index (χ1v) is 5.80. The highest BCUT2D eigenvalue weighted by Gasteiger charge is 2.27. The largest absolute Gasteiger partial charge is 0.491 e. The highest BCUT2D eigenvalue weighted by Crippen LogP contribution is 2.24. The van der Waals surface area contributed by atoms with Crippen LogP contribution in [0.3, 0.4) is 0 Å². The first-order chi connectivity index (χ1) is 7.81. The van der Waals surface area contributed by atoms with E-state index in [0.717, 1.165) is 11.3 Å². The van der Waals surface area contributed by atoms with E-state index in [0.29, 0.717) is 6.42 Å². The number of carboxylic acids is 1. The van der Waals surface area contributed by atoms with E-state index in [1.807, 2.05) is 38.1 Å². The molecule has 0 amide bonds. The van der Waals surface area contributed by atoms with E-state index in [1.54, 1.807) is 13.8 Å². The zero-order valence-electron chi connectivity index (χ0n) is 10.9. The Morgan fingerprint density at radius 2 is 2.06 bits per heavy atom. The summed E-state index contributed by atoms with van der Waals surface area (Å²) in [4.78, 5) is 11.1. The van der Waals surface area contributed by atoms with Crippen LogP contribution in [0, 0.1) is 5.41 Å². The van der Waals surface area contributed by atoms with Crippen molar-refractivity contribution in [3.05, 3.63) is 29.8 Å². The van der Waals surface area contributed by atoms with Crippen molar-refractivity contribution in [2.75, 3.05) is 0 Å². The second kappa shape index (κ2) is 5.21. The molecule has 0 heterocycles. The van der Waals surface area contributed by atoms with Gasteiger partial charge in [-0.25, -0.2) is 0 Å². The van der Waals surface area contributed by atoms with Crippen molar-refractivity contribution < 1.29 is 14.6 Å². The van der Waals surface area contributed by atoms with Gasteiger partial charge in [-0.3, -0.25) is 4.79 Å². The molecule has 0 aromatic heterocycles. The van der Waals surface area contributed by atoms with Gasteiger partial charge in [-0.05, 0) is 51.8 Å². The van der Waals surface area contributed by atoms with Crippen LogP contribution in [-0.2, 0) is 11.2 Å². The first-order valence-electron chi connectivity index (χ1n) is 5.80. The van der Waals surface area contributed by atoms with Gasteiger partial charge in [-0.15, -0.1) is 0 Å². The highest BCUT2D eigenvalue weighted by atomic mass is 16.5. The number of hydrogen-bond donors (Lipinski definition) is 1. The summed E-state index contributed by atoms with van der Waals surface area (Å²) in [5.41, 5.74) is 0.228. The van der Waals surface area contributed by atoms with Crippen molar-refractivity contribution in [2.24, 2.45) is 5.41 Å². The maximum atomic E-state index is 11.1. The third kappa shape index (κ3) is 4.10. The standard InChI is InChI=1S/C14H20O3/c1-10(2)17-12-7-5-6-11(8-12)9-14(3,4)13(15)16/h5-8,10H,9H2,1-4H3,(H,15,16). The van der Waals surface area contributed by atoms with Gasteiger partial charge in [-0.1, -0.05) is 12.1 Å². The van der Waals surface area contributed by atoms with E-state index >= 15 is 0 Å². The summed E-state index contributed by atoms with van der Waals surface area (Å²) in [6, 6.07) is 7.62. The van der Waals surface area contributed by atoms with Crippen molar-refractivity contribution in [1.82, 2.24) is 0 Å². The summed E-state index contributed by atoms with van der Waals surface area (Å²) in [6.07, 6.45) is 0.621. The molecule has 1 N–H and O–H groups in total. The van der Waals surface area contributed by atoms with Gasteiger partial charge >= 0.3 is 5.97 Å². The molecule has 0 fully saturated rings. The lowest BCUT2D eigenvalue weighted by molar-refractivity contribution is -0.146. The molecule has 1 rings (SSSR count). The highest BCUT2D eigenvalue weighted by molar-refractivity contribution is 5.74. The molecule has 0 spiro atoms. The monoisotopic (exact) mass is 236 g/mol. The first kappa shape index (κ1) is 13.6. The number of rotatable bonds is 5. The molecule has 0 saturated carbocycles. The minimum Gasteiger partial charge on any atom is -0.491 e. The van der Waals surface area contributed by atoms with Gasteiger partial charge in [0.25, 0.3) is 0 Å². The molecule has 3 nitrogen and oxygen atoms in total. The fourth-order valence-electron chi connectivity index (χ4n) is 1.59. The number of carbonyl (C=O) groups is 1. The minimum absolute atomic E-state index is 0.123. The summed E-state index contributed by atoms with van der Waals surface area (Å²) < 4.78 is 5.58. The van der Waals surface area contributed by atoms with E-state index in [-0.39, 0.29) is 6.10 Å². The molecule has 0 saturated heterocycles. The smallest absolute Gasteiger partial charge is 0.309 e. The third-order valence-corrected chi connectivity index (χ3v) is 2.50. The lowest BCUT2D eigenvalue weighted by atomic mass is 9.86. The zero-order chi connectivity index (χ0) is 13.1. The maximum Gasteiger partial charge on any atom is 0.309 e. The maximum absolute atomic E-state index is 11.1. The summed E-state index contributed by atoms with van der Waals surface area (Å²) in [7, 11) is 0. The lowest BCUT2D eigenvalue weighted by Gasteiger charge is -2.19. The van der Waals surface area contributed by atoms with E-state index in [1.165, 1.54) is 0 Å². The Morgan fingerprint density at radius 1 is 1.41 bits per heavy atom. The van der Waals surface area contributed by atoms with Gasteiger partial charge in [0.1, 0.15) is 5.75 Å². The van der Waals surface area contributed by atoms with Crippen LogP contribution in [-0.4, -0.2) is 17.2 Å². The molecule has 1 aromatic carbocycles. The fourth-order valence-corrected chi connectivity index (χ4v) is 1.59. The van der Waals surface area contributed by atoms with Gasteiger partial charge in [-0.2, -0.15) is 0 Å². The molecule has 0 aliphatic heterocycles. The molecule has 94 valence electrons.